The van der Waals surface area contributed by atoms with E-state index in [1.807, 2.05) is 10.9 Å². The summed E-state index contributed by atoms with van der Waals surface area (Å²) in [6, 6.07) is 5.22. The summed E-state index contributed by atoms with van der Waals surface area (Å²) in [5.41, 5.74) is 0.823. The van der Waals surface area contributed by atoms with Crippen molar-refractivity contribution in [3.8, 4) is 11.5 Å². The minimum absolute atomic E-state index is 0. The fraction of sp³-hybridized carbons (Fsp3) is 0.412. The van der Waals surface area contributed by atoms with Crippen LogP contribution in [0.4, 0.5) is 5.69 Å². The summed E-state index contributed by atoms with van der Waals surface area (Å²) < 4.78 is 12.3. The molecule has 2 aromatic rings. The van der Waals surface area contributed by atoms with Crippen molar-refractivity contribution in [3.05, 3.63) is 35.1 Å². The van der Waals surface area contributed by atoms with Crippen molar-refractivity contribution in [2.24, 2.45) is 0 Å². The molecule has 1 fully saturated rings. The highest BCUT2D eigenvalue weighted by molar-refractivity contribution is 6.32. The van der Waals surface area contributed by atoms with Crippen LogP contribution in [-0.4, -0.2) is 43.0 Å². The van der Waals surface area contributed by atoms with Crippen LogP contribution in [0.1, 0.15) is 29.4 Å². The number of ether oxygens (including phenoxy) is 2. The number of hydrogen-bond acceptors (Lipinski definition) is 5. The fourth-order valence-electron chi connectivity index (χ4n) is 2.87. The second-order valence-corrected chi connectivity index (χ2v) is 6.23. The number of amides is 1. The van der Waals surface area contributed by atoms with Gasteiger partial charge in [-0.1, -0.05) is 11.6 Å². The molecule has 1 aromatic heterocycles. The second-order valence-electron chi connectivity index (χ2n) is 5.82. The minimum Gasteiger partial charge on any atom is -0.495 e. The zero-order valence-electron chi connectivity index (χ0n) is 14.6. The van der Waals surface area contributed by atoms with Crippen molar-refractivity contribution < 1.29 is 14.3 Å². The number of rotatable bonds is 5. The van der Waals surface area contributed by atoms with E-state index in [4.69, 9.17) is 21.1 Å². The van der Waals surface area contributed by atoms with E-state index in [0.29, 0.717) is 27.9 Å². The van der Waals surface area contributed by atoms with Crippen LogP contribution < -0.4 is 20.1 Å². The van der Waals surface area contributed by atoms with E-state index in [0.717, 1.165) is 25.9 Å². The molecule has 9 heteroatoms. The summed E-state index contributed by atoms with van der Waals surface area (Å²) in [6.07, 6.45) is 4.00. The van der Waals surface area contributed by atoms with Crippen LogP contribution in [-0.2, 0) is 0 Å². The number of hydrogen-bond donors (Lipinski definition) is 2. The Bertz CT molecular complexity index is 760. The number of nitrogens with zero attached hydrogens (tertiary/aromatic N) is 2. The maximum Gasteiger partial charge on any atom is 0.276 e. The fourth-order valence-corrected chi connectivity index (χ4v) is 3.10. The molecular formula is C17H22Cl2N4O3. The van der Waals surface area contributed by atoms with Gasteiger partial charge in [0.1, 0.15) is 11.5 Å². The summed E-state index contributed by atoms with van der Waals surface area (Å²) in [7, 11) is 3.03. The first-order chi connectivity index (χ1) is 12.1. The number of benzene rings is 1. The first kappa shape index (κ1) is 20.4. The van der Waals surface area contributed by atoms with Crippen molar-refractivity contribution in [1.82, 2.24) is 15.1 Å². The van der Waals surface area contributed by atoms with Gasteiger partial charge in [0.2, 0.25) is 0 Å². The third-order valence-electron chi connectivity index (χ3n) is 4.21. The standard InChI is InChI=1S/C17H21ClN4O3.ClH/c1-24-15-9-14(16(25-2)8-12(15)18)20-17(23)13-5-7-22(21-13)11-4-3-6-19-10-11;/h5,7-9,11,19H,3-4,6,10H2,1-2H3,(H,20,23);1H. The number of methoxy groups -OCH3 is 2. The molecule has 7 nitrogen and oxygen atoms in total. The lowest BCUT2D eigenvalue weighted by molar-refractivity contribution is 0.102. The van der Waals surface area contributed by atoms with Gasteiger partial charge in [0.25, 0.3) is 5.91 Å². The van der Waals surface area contributed by atoms with Crippen LogP contribution in [0.15, 0.2) is 24.4 Å². The van der Waals surface area contributed by atoms with Crippen LogP contribution in [0.25, 0.3) is 0 Å². The van der Waals surface area contributed by atoms with Crippen molar-refractivity contribution in [2.45, 2.75) is 18.9 Å². The number of nitrogens with one attached hydrogen (secondary N) is 2. The maximum absolute atomic E-state index is 12.5. The van der Waals surface area contributed by atoms with Gasteiger partial charge in [-0.15, -0.1) is 12.4 Å². The third-order valence-corrected chi connectivity index (χ3v) is 4.50. The molecule has 1 aliphatic heterocycles. The number of piperidine rings is 1. The lowest BCUT2D eigenvalue weighted by Gasteiger charge is -2.22. The van der Waals surface area contributed by atoms with Crippen molar-refractivity contribution in [2.75, 3.05) is 32.6 Å². The number of aromatic nitrogens is 2. The summed E-state index contributed by atoms with van der Waals surface area (Å²) in [5, 5.41) is 11.0. The summed E-state index contributed by atoms with van der Waals surface area (Å²) in [5.74, 6) is 0.594. The van der Waals surface area contributed by atoms with Gasteiger partial charge in [0.05, 0.1) is 31.0 Å². The molecular weight excluding hydrogens is 379 g/mol. The van der Waals surface area contributed by atoms with Crippen molar-refractivity contribution >= 4 is 35.6 Å². The lowest BCUT2D eigenvalue weighted by atomic mass is 10.1. The molecule has 2 N–H and O–H groups in total. The Morgan fingerprint density at radius 1 is 1.35 bits per heavy atom. The monoisotopic (exact) mass is 400 g/mol. The molecule has 3 rings (SSSR count). The van der Waals surface area contributed by atoms with Crippen LogP contribution in [0, 0.1) is 0 Å². The molecule has 0 spiro atoms. The molecule has 1 atom stereocenters. The smallest absolute Gasteiger partial charge is 0.276 e. The van der Waals surface area contributed by atoms with E-state index in [-0.39, 0.29) is 24.4 Å². The number of carbonyl (C=O) groups is 1. The molecule has 0 bridgehead atoms. The van der Waals surface area contributed by atoms with Gasteiger partial charge >= 0.3 is 0 Å². The van der Waals surface area contributed by atoms with Gasteiger partial charge in [0.15, 0.2) is 5.69 Å². The van der Waals surface area contributed by atoms with E-state index in [2.05, 4.69) is 15.7 Å². The van der Waals surface area contributed by atoms with Gasteiger partial charge in [-0.2, -0.15) is 5.10 Å². The van der Waals surface area contributed by atoms with Gasteiger partial charge in [-0.25, -0.2) is 0 Å². The number of anilines is 1. The Hall–Kier alpha value is -1.96. The molecule has 0 radical (unpaired) electrons. The predicted octanol–water partition coefficient (Wildman–Crippen LogP) is 3.15. The van der Waals surface area contributed by atoms with E-state index in [1.54, 1.807) is 18.2 Å². The average molecular weight is 401 g/mol. The highest BCUT2D eigenvalue weighted by Crippen LogP contribution is 2.36. The Labute approximate surface area is 163 Å². The highest BCUT2D eigenvalue weighted by atomic mass is 35.5. The summed E-state index contributed by atoms with van der Waals surface area (Å²) in [6.45, 7) is 1.90. The van der Waals surface area contributed by atoms with Crippen LogP contribution in [0.2, 0.25) is 5.02 Å². The maximum atomic E-state index is 12.5. The van der Waals surface area contributed by atoms with E-state index >= 15 is 0 Å². The van der Waals surface area contributed by atoms with Gasteiger partial charge < -0.3 is 20.1 Å². The molecule has 0 aliphatic carbocycles. The van der Waals surface area contributed by atoms with E-state index in [1.165, 1.54) is 14.2 Å². The molecule has 26 heavy (non-hydrogen) atoms. The quantitative estimate of drug-likeness (QED) is 0.805. The first-order valence-electron chi connectivity index (χ1n) is 8.11. The largest absolute Gasteiger partial charge is 0.495 e. The molecule has 1 aromatic carbocycles. The van der Waals surface area contributed by atoms with Crippen LogP contribution >= 0.6 is 24.0 Å². The summed E-state index contributed by atoms with van der Waals surface area (Å²) in [4.78, 5) is 12.5. The molecule has 0 saturated carbocycles. The number of carbonyl (C=O) groups excluding carboxylic acids is 1. The van der Waals surface area contributed by atoms with Crippen molar-refractivity contribution in [3.63, 3.8) is 0 Å². The SMILES string of the molecule is COc1cc(NC(=O)c2ccn(C3CCCNC3)n2)c(OC)cc1Cl.Cl. The van der Waals surface area contributed by atoms with Gasteiger partial charge in [0, 0.05) is 24.9 Å². The zero-order chi connectivity index (χ0) is 17.8. The van der Waals surface area contributed by atoms with E-state index < -0.39 is 0 Å². The Morgan fingerprint density at radius 3 is 2.77 bits per heavy atom. The van der Waals surface area contributed by atoms with Crippen LogP contribution in [0.5, 0.6) is 11.5 Å². The molecule has 142 valence electrons. The van der Waals surface area contributed by atoms with Gasteiger partial charge in [-0.05, 0) is 25.5 Å². The average Bonchev–Trinajstić information content (AvgIpc) is 3.13. The zero-order valence-corrected chi connectivity index (χ0v) is 16.2. The van der Waals surface area contributed by atoms with Gasteiger partial charge in [-0.3, -0.25) is 9.48 Å². The van der Waals surface area contributed by atoms with E-state index in [9.17, 15) is 4.79 Å². The predicted molar refractivity (Wildman–Crippen MR) is 103 cm³/mol. The highest BCUT2D eigenvalue weighted by Gasteiger charge is 2.19. The normalized spacial score (nSPS) is 16.5. The lowest BCUT2D eigenvalue weighted by Crippen LogP contribution is -2.32. The minimum atomic E-state index is -0.315. The molecule has 2 heterocycles. The molecule has 1 amide bonds. The Kier molecular flexibility index (Phi) is 7.14. The second kappa shape index (κ2) is 9.12. The topological polar surface area (TPSA) is 77.4 Å². The van der Waals surface area contributed by atoms with Crippen molar-refractivity contribution in [1.29, 1.82) is 0 Å². The number of halogens is 2. The third kappa shape index (κ3) is 4.41. The Morgan fingerprint density at radius 2 is 2.12 bits per heavy atom. The Balaban J connectivity index is 0.00000243. The van der Waals surface area contributed by atoms with Crippen LogP contribution in [0.3, 0.4) is 0 Å². The molecule has 1 unspecified atom stereocenters. The molecule has 1 saturated heterocycles. The molecule has 1 aliphatic rings. The summed E-state index contributed by atoms with van der Waals surface area (Å²) >= 11 is 6.08. The first-order valence-corrected chi connectivity index (χ1v) is 8.49.